The zero-order chi connectivity index (χ0) is 15.3. The lowest BCUT2D eigenvalue weighted by molar-refractivity contribution is -0.137. The Bertz CT molecular complexity index is 500. The highest BCUT2D eigenvalue weighted by Crippen LogP contribution is 2.13. The Morgan fingerprint density at radius 3 is 2.50 bits per heavy atom. The Balaban J connectivity index is 2.90. The molecule has 0 saturated heterocycles. The number of hydrogen-bond donors (Lipinski definition) is 1. The topological polar surface area (TPSA) is 57.6 Å². The Morgan fingerprint density at radius 2 is 2.00 bits per heavy atom. The van der Waals surface area contributed by atoms with Gasteiger partial charge in [0.25, 0.3) is 5.91 Å². The number of aryl methyl sites for hydroxylation is 1. The summed E-state index contributed by atoms with van der Waals surface area (Å²) in [7, 11) is 0. The van der Waals surface area contributed by atoms with Gasteiger partial charge in [0.1, 0.15) is 5.82 Å². The summed E-state index contributed by atoms with van der Waals surface area (Å²) < 4.78 is 13.2. The molecule has 110 valence electrons. The number of aliphatic carboxylic acids is 1. The van der Waals surface area contributed by atoms with Crippen LogP contribution in [0.2, 0.25) is 0 Å². The van der Waals surface area contributed by atoms with Gasteiger partial charge >= 0.3 is 5.97 Å². The number of amides is 1. The molecule has 0 aromatic heterocycles. The Morgan fingerprint density at radius 1 is 1.35 bits per heavy atom. The third kappa shape index (κ3) is 4.64. The van der Waals surface area contributed by atoms with Crippen molar-refractivity contribution in [2.45, 2.75) is 27.2 Å². The maximum Gasteiger partial charge on any atom is 0.305 e. The Hall–Kier alpha value is -1.91. The number of nitrogens with zero attached hydrogens (tertiary/aromatic N) is 1. The van der Waals surface area contributed by atoms with Crippen molar-refractivity contribution in [3.63, 3.8) is 0 Å². The lowest BCUT2D eigenvalue weighted by atomic mass is 10.1. The molecule has 0 aliphatic rings. The molecule has 0 aliphatic heterocycles. The molecule has 0 heterocycles. The first-order valence-corrected chi connectivity index (χ1v) is 6.58. The summed E-state index contributed by atoms with van der Waals surface area (Å²) in [5, 5.41) is 8.74. The lowest BCUT2D eigenvalue weighted by Crippen LogP contribution is -2.36. The molecule has 1 aromatic carbocycles. The van der Waals surface area contributed by atoms with Crippen LogP contribution in [0.15, 0.2) is 18.2 Å². The van der Waals surface area contributed by atoms with Crippen molar-refractivity contribution in [1.29, 1.82) is 0 Å². The van der Waals surface area contributed by atoms with Crippen LogP contribution in [-0.2, 0) is 4.79 Å². The van der Waals surface area contributed by atoms with Crippen LogP contribution in [0, 0.1) is 18.7 Å². The van der Waals surface area contributed by atoms with Gasteiger partial charge in [-0.3, -0.25) is 9.59 Å². The van der Waals surface area contributed by atoms with Crippen molar-refractivity contribution in [1.82, 2.24) is 4.90 Å². The Kier molecular flexibility index (Phi) is 5.67. The maximum absolute atomic E-state index is 13.2. The number of halogens is 1. The SMILES string of the molecule is Cc1cc(C(=O)N(CCC(=O)O)CC(C)C)ccc1F. The average Bonchev–Trinajstić information content (AvgIpc) is 2.36. The van der Waals surface area contributed by atoms with E-state index in [-0.39, 0.29) is 30.6 Å². The molecular weight excluding hydrogens is 261 g/mol. The molecule has 0 saturated carbocycles. The van der Waals surface area contributed by atoms with E-state index in [1.165, 1.54) is 23.1 Å². The van der Waals surface area contributed by atoms with Crippen molar-refractivity contribution < 1.29 is 19.1 Å². The van der Waals surface area contributed by atoms with Crippen molar-refractivity contribution >= 4 is 11.9 Å². The monoisotopic (exact) mass is 281 g/mol. The fourth-order valence-electron chi connectivity index (χ4n) is 1.91. The number of carboxylic acids is 1. The molecular formula is C15H20FNO3. The molecule has 1 rings (SSSR count). The molecule has 0 atom stereocenters. The van der Waals surface area contributed by atoms with Gasteiger partial charge in [0.15, 0.2) is 0 Å². The minimum absolute atomic E-state index is 0.0986. The minimum atomic E-state index is -0.943. The fraction of sp³-hybridized carbons (Fsp3) is 0.467. The zero-order valence-corrected chi connectivity index (χ0v) is 12.0. The third-order valence-corrected chi connectivity index (χ3v) is 2.87. The number of hydrogen-bond acceptors (Lipinski definition) is 2. The second kappa shape index (κ2) is 7.03. The molecule has 0 aliphatic carbocycles. The van der Waals surface area contributed by atoms with Gasteiger partial charge in [-0.15, -0.1) is 0 Å². The van der Waals surface area contributed by atoms with Crippen LogP contribution in [0.4, 0.5) is 4.39 Å². The van der Waals surface area contributed by atoms with E-state index >= 15 is 0 Å². The van der Waals surface area contributed by atoms with Crippen molar-refractivity contribution in [3.8, 4) is 0 Å². The predicted molar refractivity (Wildman–Crippen MR) is 74.1 cm³/mol. The summed E-state index contributed by atoms with van der Waals surface area (Å²) in [6.45, 7) is 6.13. The van der Waals surface area contributed by atoms with E-state index in [0.717, 1.165) is 0 Å². The second-order valence-corrected chi connectivity index (χ2v) is 5.25. The summed E-state index contributed by atoms with van der Waals surface area (Å²) in [4.78, 5) is 24.5. The van der Waals surface area contributed by atoms with Crippen molar-refractivity contribution in [2.24, 2.45) is 5.92 Å². The van der Waals surface area contributed by atoms with Gasteiger partial charge in [0.2, 0.25) is 0 Å². The average molecular weight is 281 g/mol. The largest absolute Gasteiger partial charge is 0.481 e. The molecule has 5 heteroatoms. The van der Waals surface area contributed by atoms with Gasteiger partial charge in [0, 0.05) is 18.7 Å². The Labute approximate surface area is 118 Å². The first kappa shape index (κ1) is 16.1. The van der Waals surface area contributed by atoms with Crippen LogP contribution in [0.5, 0.6) is 0 Å². The molecule has 4 nitrogen and oxygen atoms in total. The van der Waals surface area contributed by atoms with E-state index in [9.17, 15) is 14.0 Å². The highest BCUT2D eigenvalue weighted by atomic mass is 19.1. The molecule has 20 heavy (non-hydrogen) atoms. The van der Waals surface area contributed by atoms with Gasteiger partial charge in [-0.05, 0) is 36.6 Å². The highest BCUT2D eigenvalue weighted by molar-refractivity contribution is 5.94. The van der Waals surface area contributed by atoms with Gasteiger partial charge in [-0.2, -0.15) is 0 Å². The van der Waals surface area contributed by atoms with Gasteiger partial charge < -0.3 is 10.0 Å². The van der Waals surface area contributed by atoms with Crippen LogP contribution >= 0.6 is 0 Å². The molecule has 0 fully saturated rings. The quantitative estimate of drug-likeness (QED) is 0.872. The van der Waals surface area contributed by atoms with Gasteiger partial charge in [0.05, 0.1) is 6.42 Å². The van der Waals surface area contributed by atoms with Gasteiger partial charge in [-0.25, -0.2) is 4.39 Å². The van der Waals surface area contributed by atoms with Crippen LogP contribution < -0.4 is 0 Å². The summed E-state index contributed by atoms with van der Waals surface area (Å²) in [5.41, 5.74) is 0.786. The molecule has 0 bridgehead atoms. The number of benzene rings is 1. The first-order chi connectivity index (χ1) is 9.31. The van der Waals surface area contributed by atoms with E-state index in [0.29, 0.717) is 17.7 Å². The third-order valence-electron chi connectivity index (χ3n) is 2.87. The normalized spacial score (nSPS) is 10.7. The molecule has 1 N–H and O–H groups in total. The summed E-state index contributed by atoms with van der Waals surface area (Å²) in [5.74, 6) is -1.33. The second-order valence-electron chi connectivity index (χ2n) is 5.25. The van der Waals surface area contributed by atoms with Crippen LogP contribution in [0.1, 0.15) is 36.2 Å². The van der Waals surface area contributed by atoms with Crippen molar-refractivity contribution in [3.05, 3.63) is 35.1 Å². The van der Waals surface area contributed by atoms with Crippen LogP contribution in [0.25, 0.3) is 0 Å². The zero-order valence-electron chi connectivity index (χ0n) is 12.0. The first-order valence-electron chi connectivity index (χ1n) is 6.58. The summed E-state index contributed by atoms with van der Waals surface area (Å²) in [6, 6.07) is 4.18. The fourth-order valence-corrected chi connectivity index (χ4v) is 1.91. The number of rotatable bonds is 6. The van der Waals surface area contributed by atoms with E-state index in [4.69, 9.17) is 5.11 Å². The molecule has 0 spiro atoms. The molecule has 0 radical (unpaired) electrons. The smallest absolute Gasteiger partial charge is 0.305 e. The molecule has 0 unspecified atom stereocenters. The van der Waals surface area contributed by atoms with E-state index < -0.39 is 5.97 Å². The predicted octanol–water partition coefficient (Wildman–Crippen LogP) is 2.71. The summed E-state index contributed by atoms with van der Waals surface area (Å²) >= 11 is 0. The minimum Gasteiger partial charge on any atom is -0.481 e. The summed E-state index contributed by atoms with van der Waals surface area (Å²) in [6.07, 6.45) is -0.0986. The standard InChI is InChI=1S/C15H20FNO3/c1-10(2)9-17(7-6-14(18)19)15(20)12-4-5-13(16)11(3)8-12/h4-5,8,10H,6-7,9H2,1-3H3,(H,18,19). The number of carbonyl (C=O) groups excluding carboxylic acids is 1. The van der Waals surface area contributed by atoms with Crippen LogP contribution in [0.3, 0.4) is 0 Å². The number of carboxylic acid groups (broad SMARTS) is 1. The van der Waals surface area contributed by atoms with E-state index in [1.54, 1.807) is 6.92 Å². The number of carbonyl (C=O) groups is 2. The van der Waals surface area contributed by atoms with E-state index in [1.807, 2.05) is 13.8 Å². The molecule has 1 aromatic rings. The highest BCUT2D eigenvalue weighted by Gasteiger charge is 2.18. The van der Waals surface area contributed by atoms with Gasteiger partial charge in [-0.1, -0.05) is 13.8 Å². The van der Waals surface area contributed by atoms with Crippen LogP contribution in [-0.4, -0.2) is 35.0 Å². The van der Waals surface area contributed by atoms with Crippen molar-refractivity contribution in [2.75, 3.05) is 13.1 Å². The maximum atomic E-state index is 13.2. The van der Waals surface area contributed by atoms with E-state index in [2.05, 4.69) is 0 Å². The molecule has 1 amide bonds. The lowest BCUT2D eigenvalue weighted by Gasteiger charge is -2.24.